The van der Waals surface area contributed by atoms with Gasteiger partial charge in [0.15, 0.2) is 6.04 Å². The second-order valence-corrected chi connectivity index (χ2v) is 7.06. The molecule has 1 aliphatic rings. The number of anilines is 1. The summed E-state index contributed by atoms with van der Waals surface area (Å²) in [5.74, 6) is -0.0668. The summed E-state index contributed by atoms with van der Waals surface area (Å²) in [4.78, 5) is 12.4. The molecule has 0 aliphatic carbocycles. The van der Waals surface area contributed by atoms with Crippen LogP contribution in [0.5, 0.6) is 0 Å². The molecular formula is C16H19F3N4O2. The zero-order valence-electron chi connectivity index (χ0n) is 14.0. The summed E-state index contributed by atoms with van der Waals surface area (Å²) in [5, 5.41) is 9.51. The first-order chi connectivity index (χ1) is 11.6. The van der Waals surface area contributed by atoms with Gasteiger partial charge < -0.3 is 15.1 Å². The number of carbonyl (C=O) groups is 1. The van der Waals surface area contributed by atoms with Gasteiger partial charge in [0.25, 0.3) is 5.91 Å². The predicted octanol–water partition coefficient (Wildman–Crippen LogP) is 3.66. The lowest BCUT2D eigenvalue weighted by atomic mass is 10.0. The van der Waals surface area contributed by atoms with E-state index in [4.69, 9.17) is 4.42 Å². The minimum absolute atomic E-state index is 0.0386. The number of furan rings is 1. The molecule has 2 N–H and O–H groups in total. The normalized spacial score (nSPS) is 20.7. The van der Waals surface area contributed by atoms with Crippen molar-refractivity contribution in [2.75, 3.05) is 5.32 Å². The molecule has 2 atom stereocenters. The molecule has 9 heteroatoms. The Hall–Kier alpha value is -2.45. The lowest BCUT2D eigenvalue weighted by molar-refractivity contribution is -0.174. The van der Waals surface area contributed by atoms with Crippen molar-refractivity contribution < 1.29 is 22.4 Å². The number of hydrogen-bond donors (Lipinski definition) is 2. The van der Waals surface area contributed by atoms with Crippen LogP contribution in [0.3, 0.4) is 0 Å². The SMILES string of the molecule is CC(C)(C)NC(=O)c1cnn2c1N[C@H](c1ccco1)C[C@H]2C(F)(F)F. The summed E-state index contributed by atoms with van der Waals surface area (Å²) in [6.45, 7) is 5.37. The number of nitrogens with zero attached hydrogens (tertiary/aromatic N) is 2. The van der Waals surface area contributed by atoms with Crippen LogP contribution in [-0.2, 0) is 0 Å². The Morgan fingerprint density at radius 1 is 1.40 bits per heavy atom. The molecule has 3 heterocycles. The largest absolute Gasteiger partial charge is 0.467 e. The summed E-state index contributed by atoms with van der Waals surface area (Å²) in [5.41, 5.74) is -0.454. The lowest BCUT2D eigenvalue weighted by Crippen LogP contribution is -2.41. The third kappa shape index (κ3) is 3.49. The van der Waals surface area contributed by atoms with Gasteiger partial charge in [-0.25, -0.2) is 4.68 Å². The van der Waals surface area contributed by atoms with Crippen molar-refractivity contribution in [2.24, 2.45) is 0 Å². The molecule has 0 spiro atoms. The van der Waals surface area contributed by atoms with Crippen LogP contribution in [-0.4, -0.2) is 27.4 Å². The van der Waals surface area contributed by atoms with E-state index in [1.165, 1.54) is 6.26 Å². The second kappa shape index (κ2) is 5.82. The highest BCUT2D eigenvalue weighted by Crippen LogP contribution is 2.44. The van der Waals surface area contributed by atoms with E-state index >= 15 is 0 Å². The van der Waals surface area contributed by atoms with Crippen LogP contribution < -0.4 is 10.6 Å². The number of hydrogen-bond acceptors (Lipinski definition) is 4. The maximum atomic E-state index is 13.5. The molecule has 0 bridgehead atoms. The minimum atomic E-state index is -4.49. The Kier molecular flexibility index (Phi) is 4.04. The van der Waals surface area contributed by atoms with Crippen molar-refractivity contribution in [3.63, 3.8) is 0 Å². The number of aromatic nitrogens is 2. The quantitative estimate of drug-likeness (QED) is 0.861. The number of rotatable bonds is 2. The summed E-state index contributed by atoms with van der Waals surface area (Å²) in [6.07, 6.45) is -2.21. The topological polar surface area (TPSA) is 72.1 Å². The molecule has 25 heavy (non-hydrogen) atoms. The fourth-order valence-electron chi connectivity index (χ4n) is 2.81. The number of halogens is 3. The fraction of sp³-hybridized carbons (Fsp3) is 0.500. The van der Waals surface area contributed by atoms with Gasteiger partial charge in [0.05, 0.1) is 18.5 Å². The molecule has 3 rings (SSSR count). The number of nitrogens with one attached hydrogen (secondary N) is 2. The highest BCUT2D eigenvalue weighted by Gasteiger charge is 2.47. The monoisotopic (exact) mass is 356 g/mol. The molecule has 0 saturated carbocycles. The van der Waals surface area contributed by atoms with E-state index < -0.39 is 29.7 Å². The molecule has 2 aromatic rings. The smallest absolute Gasteiger partial charge is 0.410 e. The van der Waals surface area contributed by atoms with Crippen LogP contribution in [0, 0.1) is 0 Å². The molecule has 0 saturated heterocycles. The average Bonchev–Trinajstić information content (AvgIpc) is 3.12. The van der Waals surface area contributed by atoms with E-state index in [2.05, 4.69) is 15.7 Å². The Labute approximate surface area is 142 Å². The third-order valence-electron chi connectivity index (χ3n) is 3.86. The van der Waals surface area contributed by atoms with Gasteiger partial charge in [-0.15, -0.1) is 0 Å². The Morgan fingerprint density at radius 2 is 2.12 bits per heavy atom. The fourth-order valence-corrected chi connectivity index (χ4v) is 2.81. The average molecular weight is 356 g/mol. The van der Waals surface area contributed by atoms with Crippen LogP contribution in [0.1, 0.15) is 55.4 Å². The number of amides is 1. The molecular weight excluding hydrogens is 337 g/mol. The molecule has 0 aromatic carbocycles. The van der Waals surface area contributed by atoms with Gasteiger partial charge >= 0.3 is 6.18 Å². The van der Waals surface area contributed by atoms with Gasteiger partial charge in [0.2, 0.25) is 0 Å². The van der Waals surface area contributed by atoms with Gasteiger partial charge in [-0.3, -0.25) is 4.79 Å². The highest BCUT2D eigenvalue weighted by molar-refractivity contribution is 5.99. The van der Waals surface area contributed by atoms with Gasteiger partial charge in [-0.2, -0.15) is 18.3 Å². The third-order valence-corrected chi connectivity index (χ3v) is 3.86. The molecule has 0 unspecified atom stereocenters. The Morgan fingerprint density at radius 3 is 2.68 bits per heavy atom. The molecule has 136 valence electrons. The maximum Gasteiger partial charge on any atom is 0.410 e. The summed E-state index contributed by atoms with van der Waals surface area (Å²) < 4.78 is 46.6. The van der Waals surface area contributed by atoms with E-state index in [0.717, 1.165) is 10.9 Å². The van der Waals surface area contributed by atoms with Gasteiger partial charge in [-0.1, -0.05) is 0 Å². The van der Waals surface area contributed by atoms with Gasteiger partial charge in [0, 0.05) is 12.0 Å². The van der Waals surface area contributed by atoms with E-state index in [1.54, 1.807) is 32.9 Å². The van der Waals surface area contributed by atoms with E-state index in [9.17, 15) is 18.0 Å². The molecule has 1 aliphatic heterocycles. The number of alkyl halides is 3. The predicted molar refractivity (Wildman–Crippen MR) is 84.2 cm³/mol. The highest BCUT2D eigenvalue weighted by atomic mass is 19.4. The zero-order chi connectivity index (χ0) is 18.4. The number of carbonyl (C=O) groups excluding carboxylic acids is 1. The van der Waals surface area contributed by atoms with Crippen molar-refractivity contribution in [1.29, 1.82) is 0 Å². The van der Waals surface area contributed by atoms with Crippen molar-refractivity contribution in [1.82, 2.24) is 15.1 Å². The van der Waals surface area contributed by atoms with Gasteiger partial charge in [0.1, 0.15) is 17.1 Å². The van der Waals surface area contributed by atoms with E-state index in [-0.39, 0.29) is 17.8 Å². The van der Waals surface area contributed by atoms with Gasteiger partial charge in [-0.05, 0) is 32.9 Å². The summed E-state index contributed by atoms with van der Waals surface area (Å²) in [7, 11) is 0. The number of fused-ring (bicyclic) bond motifs is 1. The molecule has 0 radical (unpaired) electrons. The molecule has 1 amide bonds. The van der Waals surface area contributed by atoms with Crippen LogP contribution in [0.4, 0.5) is 19.0 Å². The van der Waals surface area contributed by atoms with Crippen molar-refractivity contribution in [3.05, 3.63) is 35.9 Å². The summed E-state index contributed by atoms with van der Waals surface area (Å²) in [6, 6.07) is 0.673. The minimum Gasteiger partial charge on any atom is -0.467 e. The van der Waals surface area contributed by atoms with Crippen LogP contribution in [0.15, 0.2) is 29.0 Å². The first-order valence-corrected chi connectivity index (χ1v) is 7.83. The van der Waals surface area contributed by atoms with Crippen LogP contribution >= 0.6 is 0 Å². The van der Waals surface area contributed by atoms with E-state index in [0.29, 0.717) is 5.76 Å². The molecule has 6 nitrogen and oxygen atoms in total. The van der Waals surface area contributed by atoms with Crippen LogP contribution in [0.25, 0.3) is 0 Å². The molecule has 2 aromatic heterocycles. The van der Waals surface area contributed by atoms with Crippen molar-refractivity contribution in [2.45, 2.75) is 51.0 Å². The van der Waals surface area contributed by atoms with E-state index in [1.807, 2.05) is 0 Å². The Balaban J connectivity index is 2.00. The van der Waals surface area contributed by atoms with Crippen molar-refractivity contribution in [3.8, 4) is 0 Å². The maximum absolute atomic E-state index is 13.5. The Bertz CT molecular complexity index is 759. The van der Waals surface area contributed by atoms with Crippen LogP contribution in [0.2, 0.25) is 0 Å². The lowest BCUT2D eigenvalue weighted by Gasteiger charge is -2.33. The zero-order valence-corrected chi connectivity index (χ0v) is 14.0. The second-order valence-electron chi connectivity index (χ2n) is 7.06. The standard InChI is InChI=1S/C16H19F3N4O2/c1-15(2,3)22-14(24)9-8-20-23-12(16(17,18)19)7-10(21-13(9)23)11-5-4-6-25-11/h4-6,8,10,12,21H,7H2,1-3H3,(H,22,24)/t10-,12-/m0/s1. The first-order valence-electron chi connectivity index (χ1n) is 7.83. The van der Waals surface area contributed by atoms with Crippen molar-refractivity contribution >= 4 is 11.7 Å². The summed E-state index contributed by atoms with van der Waals surface area (Å²) >= 11 is 0. The molecule has 0 fully saturated rings. The first kappa shape index (κ1) is 17.4.